The molecule has 0 heterocycles. The van der Waals surface area contributed by atoms with Crippen LogP contribution in [0.25, 0.3) is 0 Å². The van der Waals surface area contributed by atoms with Crippen LogP contribution in [0, 0.1) is 6.92 Å². The van der Waals surface area contributed by atoms with Crippen LogP contribution in [0.2, 0.25) is 5.02 Å². The molecule has 2 aromatic carbocycles. The molecule has 3 nitrogen and oxygen atoms in total. The average Bonchev–Trinajstić information content (AvgIpc) is 2.51. The fourth-order valence-corrected chi connectivity index (χ4v) is 2.56. The normalized spacial score (nSPS) is 10.8. The van der Waals surface area contributed by atoms with Crippen LogP contribution in [-0.4, -0.2) is 30.9 Å². The minimum atomic E-state index is 0.0510. The second kappa shape index (κ2) is 8.70. The summed E-state index contributed by atoms with van der Waals surface area (Å²) in [5, 5.41) is 3.70. The number of likely N-dealkylation sites (N-methyl/N-ethyl adjacent to an activating group) is 1. The van der Waals surface area contributed by atoms with Crippen molar-refractivity contribution in [2.45, 2.75) is 19.9 Å². The van der Waals surface area contributed by atoms with Gasteiger partial charge in [0.1, 0.15) is 0 Å². The minimum absolute atomic E-state index is 0.0510. The molecule has 0 aliphatic rings. The highest BCUT2D eigenvalue weighted by Crippen LogP contribution is 2.10. The molecular formula is C19H23ClN2O. The summed E-state index contributed by atoms with van der Waals surface area (Å²) in [5.41, 5.74) is 3.68. The van der Waals surface area contributed by atoms with E-state index in [1.54, 1.807) is 0 Å². The highest BCUT2D eigenvalue weighted by molar-refractivity contribution is 6.30. The van der Waals surface area contributed by atoms with E-state index in [1.807, 2.05) is 48.3 Å². The molecule has 1 N–H and O–H groups in total. The number of carbonyl (C=O) groups excluding carboxylic acids is 1. The molecule has 0 bridgehead atoms. The highest BCUT2D eigenvalue weighted by atomic mass is 35.5. The molecule has 0 aliphatic heterocycles. The van der Waals surface area contributed by atoms with E-state index in [9.17, 15) is 4.79 Å². The predicted octanol–water partition coefficient (Wildman–Crippen LogP) is 3.44. The molecule has 0 saturated carbocycles. The van der Waals surface area contributed by atoms with Crippen molar-refractivity contribution in [3.8, 4) is 0 Å². The van der Waals surface area contributed by atoms with E-state index in [1.165, 1.54) is 16.7 Å². The first-order chi connectivity index (χ1) is 11.0. The number of hydrogen-bond donors (Lipinski definition) is 1. The molecule has 0 atom stereocenters. The van der Waals surface area contributed by atoms with Crippen molar-refractivity contribution in [2.24, 2.45) is 0 Å². The number of rotatable bonds is 7. The van der Waals surface area contributed by atoms with E-state index >= 15 is 0 Å². The summed E-state index contributed by atoms with van der Waals surface area (Å²) in [5.74, 6) is 0.0510. The lowest BCUT2D eigenvalue weighted by Gasteiger charge is -2.17. The summed E-state index contributed by atoms with van der Waals surface area (Å²) in [6, 6.07) is 16.0. The molecule has 0 radical (unpaired) electrons. The molecule has 2 rings (SSSR count). The fourth-order valence-electron chi connectivity index (χ4n) is 2.43. The first-order valence-electron chi connectivity index (χ1n) is 7.79. The number of benzene rings is 2. The topological polar surface area (TPSA) is 32.3 Å². The Bertz CT molecular complexity index is 640. The van der Waals surface area contributed by atoms with Crippen LogP contribution in [0.3, 0.4) is 0 Å². The van der Waals surface area contributed by atoms with Crippen LogP contribution in [0.15, 0.2) is 48.5 Å². The largest absolute Gasteiger partial charge is 0.355 e. The molecule has 0 aromatic heterocycles. The van der Waals surface area contributed by atoms with Gasteiger partial charge in [-0.15, -0.1) is 0 Å². The van der Waals surface area contributed by atoms with Crippen LogP contribution >= 0.6 is 11.6 Å². The Morgan fingerprint density at radius 1 is 1.13 bits per heavy atom. The first kappa shape index (κ1) is 17.5. The number of halogens is 1. The van der Waals surface area contributed by atoms with Crippen molar-refractivity contribution >= 4 is 17.5 Å². The van der Waals surface area contributed by atoms with Gasteiger partial charge in [-0.3, -0.25) is 9.69 Å². The van der Waals surface area contributed by atoms with E-state index in [-0.39, 0.29) is 5.91 Å². The molecule has 0 fully saturated rings. The number of carbonyl (C=O) groups is 1. The van der Waals surface area contributed by atoms with Gasteiger partial charge in [-0.25, -0.2) is 0 Å². The molecule has 0 unspecified atom stereocenters. The Hall–Kier alpha value is -1.84. The Labute approximate surface area is 143 Å². The molecule has 2 aromatic rings. The third-order valence-electron chi connectivity index (χ3n) is 3.76. The van der Waals surface area contributed by atoms with Gasteiger partial charge in [0.05, 0.1) is 6.54 Å². The van der Waals surface area contributed by atoms with Crippen molar-refractivity contribution < 1.29 is 4.79 Å². The van der Waals surface area contributed by atoms with Gasteiger partial charge in [-0.05, 0) is 49.2 Å². The molecule has 0 aliphatic carbocycles. The third-order valence-corrected chi connectivity index (χ3v) is 4.02. The summed E-state index contributed by atoms with van der Waals surface area (Å²) in [6.45, 7) is 3.90. The molecule has 23 heavy (non-hydrogen) atoms. The van der Waals surface area contributed by atoms with Gasteiger partial charge >= 0.3 is 0 Å². The Balaban J connectivity index is 1.72. The van der Waals surface area contributed by atoms with E-state index < -0.39 is 0 Å². The molecule has 0 spiro atoms. The Kier molecular flexibility index (Phi) is 6.63. The van der Waals surface area contributed by atoms with Gasteiger partial charge in [0, 0.05) is 18.1 Å². The summed E-state index contributed by atoms with van der Waals surface area (Å²) >= 11 is 5.86. The summed E-state index contributed by atoms with van der Waals surface area (Å²) in [7, 11) is 1.96. The quantitative estimate of drug-likeness (QED) is 0.843. The van der Waals surface area contributed by atoms with Gasteiger partial charge in [0.15, 0.2) is 0 Å². The Morgan fingerprint density at radius 3 is 2.52 bits per heavy atom. The fraction of sp³-hybridized carbons (Fsp3) is 0.316. The molecule has 0 saturated heterocycles. The van der Waals surface area contributed by atoms with Crippen LogP contribution < -0.4 is 5.32 Å². The number of aryl methyl sites for hydroxylation is 1. The van der Waals surface area contributed by atoms with Crippen molar-refractivity contribution in [2.75, 3.05) is 20.1 Å². The lowest BCUT2D eigenvalue weighted by atomic mass is 10.1. The third kappa shape index (κ3) is 6.05. The van der Waals surface area contributed by atoms with E-state index in [4.69, 9.17) is 11.6 Å². The zero-order valence-electron chi connectivity index (χ0n) is 13.7. The molecular weight excluding hydrogens is 308 g/mol. The highest BCUT2D eigenvalue weighted by Gasteiger charge is 2.08. The SMILES string of the molecule is Cc1ccccc1CN(C)CC(=O)NCCc1ccc(Cl)cc1. The zero-order chi connectivity index (χ0) is 16.7. The van der Waals surface area contributed by atoms with Crippen molar-refractivity contribution in [1.29, 1.82) is 0 Å². The maximum absolute atomic E-state index is 12.0. The maximum Gasteiger partial charge on any atom is 0.234 e. The van der Waals surface area contributed by atoms with Crippen LogP contribution in [-0.2, 0) is 17.8 Å². The number of amides is 1. The predicted molar refractivity (Wildman–Crippen MR) is 95.7 cm³/mol. The number of nitrogens with one attached hydrogen (secondary N) is 1. The second-order valence-electron chi connectivity index (χ2n) is 5.83. The van der Waals surface area contributed by atoms with Gasteiger partial charge in [0.25, 0.3) is 0 Å². The van der Waals surface area contributed by atoms with E-state index in [2.05, 4.69) is 24.4 Å². The van der Waals surface area contributed by atoms with Crippen molar-refractivity contribution in [3.05, 3.63) is 70.2 Å². The van der Waals surface area contributed by atoms with Crippen molar-refractivity contribution in [3.63, 3.8) is 0 Å². The van der Waals surface area contributed by atoms with Crippen molar-refractivity contribution in [1.82, 2.24) is 10.2 Å². The second-order valence-corrected chi connectivity index (χ2v) is 6.26. The lowest BCUT2D eigenvalue weighted by molar-refractivity contribution is -0.122. The van der Waals surface area contributed by atoms with Gasteiger partial charge in [-0.1, -0.05) is 48.0 Å². The lowest BCUT2D eigenvalue weighted by Crippen LogP contribution is -2.35. The smallest absolute Gasteiger partial charge is 0.234 e. The van der Waals surface area contributed by atoms with Crippen LogP contribution in [0.4, 0.5) is 0 Å². The maximum atomic E-state index is 12.0. The molecule has 122 valence electrons. The van der Waals surface area contributed by atoms with Crippen LogP contribution in [0.5, 0.6) is 0 Å². The van der Waals surface area contributed by atoms with Crippen LogP contribution in [0.1, 0.15) is 16.7 Å². The van der Waals surface area contributed by atoms with Gasteiger partial charge < -0.3 is 5.32 Å². The summed E-state index contributed by atoms with van der Waals surface area (Å²) < 4.78 is 0. The van der Waals surface area contributed by atoms with E-state index in [0.717, 1.165) is 18.0 Å². The number of nitrogens with zero attached hydrogens (tertiary/aromatic N) is 1. The monoisotopic (exact) mass is 330 g/mol. The zero-order valence-corrected chi connectivity index (χ0v) is 14.4. The minimum Gasteiger partial charge on any atom is -0.355 e. The summed E-state index contributed by atoms with van der Waals surface area (Å²) in [6.07, 6.45) is 0.810. The summed E-state index contributed by atoms with van der Waals surface area (Å²) in [4.78, 5) is 14.0. The molecule has 4 heteroatoms. The van der Waals surface area contributed by atoms with Gasteiger partial charge in [-0.2, -0.15) is 0 Å². The number of hydrogen-bond acceptors (Lipinski definition) is 2. The van der Waals surface area contributed by atoms with E-state index in [0.29, 0.717) is 13.1 Å². The molecule has 1 amide bonds. The standard InChI is InChI=1S/C19H23ClN2O/c1-15-5-3-4-6-17(15)13-22(2)14-19(23)21-12-11-16-7-9-18(20)10-8-16/h3-10H,11-14H2,1-2H3,(H,21,23). The van der Waals surface area contributed by atoms with Gasteiger partial charge in [0.2, 0.25) is 5.91 Å². The Morgan fingerprint density at radius 2 is 1.83 bits per heavy atom. The average molecular weight is 331 g/mol. The first-order valence-corrected chi connectivity index (χ1v) is 8.16.